The molecule has 0 fully saturated rings. The van der Waals surface area contributed by atoms with Crippen LogP contribution in [0.5, 0.6) is 0 Å². The van der Waals surface area contributed by atoms with Crippen LogP contribution in [0.25, 0.3) is 20.2 Å². The van der Waals surface area contributed by atoms with E-state index in [4.69, 9.17) is 0 Å². The first kappa shape index (κ1) is 11.8. The van der Waals surface area contributed by atoms with E-state index in [9.17, 15) is 0 Å². The molecule has 94 valence electrons. The highest BCUT2D eigenvalue weighted by molar-refractivity contribution is 7.26. The summed E-state index contributed by atoms with van der Waals surface area (Å²) < 4.78 is 5.23. The molecule has 0 atom stereocenters. The minimum atomic E-state index is 0.183. The molecule has 2 aromatic heterocycles. The van der Waals surface area contributed by atoms with Crippen molar-refractivity contribution in [1.82, 2.24) is 4.57 Å². The van der Waals surface area contributed by atoms with E-state index in [-0.39, 0.29) is 5.41 Å². The Labute approximate surface area is 112 Å². The van der Waals surface area contributed by atoms with Gasteiger partial charge in [0.25, 0.3) is 0 Å². The molecular formula is C16H19NS. The molecular weight excluding hydrogens is 238 g/mol. The van der Waals surface area contributed by atoms with Gasteiger partial charge in [0.2, 0.25) is 0 Å². The first-order valence-corrected chi connectivity index (χ1v) is 7.20. The molecule has 2 heteroatoms. The summed E-state index contributed by atoms with van der Waals surface area (Å²) in [5, 5.41) is 2.85. The van der Waals surface area contributed by atoms with E-state index >= 15 is 0 Å². The number of aromatic nitrogens is 1. The lowest BCUT2D eigenvalue weighted by molar-refractivity contribution is 0.545. The van der Waals surface area contributed by atoms with E-state index in [2.05, 4.69) is 63.6 Å². The maximum atomic E-state index is 2.37. The van der Waals surface area contributed by atoms with Crippen molar-refractivity contribution in [2.45, 2.75) is 33.1 Å². The Hall–Kier alpha value is -1.28. The molecule has 1 aromatic carbocycles. The lowest BCUT2D eigenvalue weighted by atomic mass is 9.92. The number of benzene rings is 1. The van der Waals surface area contributed by atoms with Gasteiger partial charge in [-0.05, 0) is 13.0 Å². The molecule has 0 saturated carbocycles. The van der Waals surface area contributed by atoms with Gasteiger partial charge in [-0.3, -0.25) is 0 Å². The number of nitrogens with zero attached hydrogens (tertiary/aromatic N) is 1. The van der Waals surface area contributed by atoms with Gasteiger partial charge in [0.1, 0.15) is 0 Å². The van der Waals surface area contributed by atoms with Crippen LogP contribution >= 0.6 is 11.3 Å². The molecule has 2 heterocycles. The SMILES string of the molecule is Cc1c2c(sc3ccccc32)c(C(C)(C)C)n1C. The van der Waals surface area contributed by atoms with Crippen LogP contribution in [0.2, 0.25) is 0 Å². The van der Waals surface area contributed by atoms with Crippen molar-refractivity contribution in [2.24, 2.45) is 7.05 Å². The number of hydrogen-bond donors (Lipinski definition) is 0. The highest BCUT2D eigenvalue weighted by Gasteiger charge is 2.25. The maximum absolute atomic E-state index is 2.37. The average Bonchev–Trinajstić information content (AvgIpc) is 2.74. The highest BCUT2D eigenvalue weighted by Crippen LogP contribution is 2.42. The fourth-order valence-electron chi connectivity index (χ4n) is 2.90. The molecule has 0 aliphatic heterocycles. The number of thiophene rings is 1. The summed E-state index contributed by atoms with van der Waals surface area (Å²) in [6.45, 7) is 9.12. The van der Waals surface area contributed by atoms with E-state index in [0.717, 1.165) is 0 Å². The minimum absolute atomic E-state index is 0.183. The van der Waals surface area contributed by atoms with E-state index < -0.39 is 0 Å². The maximum Gasteiger partial charge on any atom is 0.0572 e. The molecule has 0 amide bonds. The van der Waals surface area contributed by atoms with E-state index in [1.807, 2.05) is 11.3 Å². The molecule has 0 aliphatic carbocycles. The van der Waals surface area contributed by atoms with Gasteiger partial charge in [-0.25, -0.2) is 0 Å². The van der Waals surface area contributed by atoms with Gasteiger partial charge < -0.3 is 4.57 Å². The molecule has 0 N–H and O–H groups in total. The fourth-order valence-corrected chi connectivity index (χ4v) is 4.45. The summed E-state index contributed by atoms with van der Waals surface area (Å²) in [7, 11) is 2.19. The van der Waals surface area contributed by atoms with Crippen LogP contribution in [-0.2, 0) is 12.5 Å². The van der Waals surface area contributed by atoms with Gasteiger partial charge in [0.15, 0.2) is 0 Å². The van der Waals surface area contributed by atoms with Crippen molar-refractivity contribution in [3.05, 3.63) is 35.7 Å². The zero-order valence-corrected chi connectivity index (χ0v) is 12.5. The highest BCUT2D eigenvalue weighted by atomic mass is 32.1. The van der Waals surface area contributed by atoms with Crippen LogP contribution in [0.4, 0.5) is 0 Å². The monoisotopic (exact) mass is 257 g/mol. The molecule has 0 radical (unpaired) electrons. The van der Waals surface area contributed by atoms with Crippen LogP contribution in [-0.4, -0.2) is 4.57 Å². The Bertz CT molecular complexity index is 738. The van der Waals surface area contributed by atoms with Crippen LogP contribution < -0.4 is 0 Å². The second kappa shape index (κ2) is 3.61. The largest absolute Gasteiger partial charge is 0.349 e. The number of hydrogen-bond acceptors (Lipinski definition) is 1. The lowest BCUT2D eigenvalue weighted by Crippen LogP contribution is -2.16. The first-order chi connectivity index (χ1) is 8.41. The fraction of sp³-hybridized carbons (Fsp3) is 0.375. The van der Waals surface area contributed by atoms with Crippen LogP contribution in [0.1, 0.15) is 32.2 Å². The summed E-state index contributed by atoms with van der Waals surface area (Å²) in [5.74, 6) is 0. The van der Waals surface area contributed by atoms with E-state index in [1.165, 1.54) is 31.6 Å². The first-order valence-electron chi connectivity index (χ1n) is 6.38. The summed E-state index contributed by atoms with van der Waals surface area (Å²) in [6.07, 6.45) is 0. The molecule has 0 aliphatic rings. The van der Waals surface area contributed by atoms with Crippen molar-refractivity contribution < 1.29 is 0 Å². The third kappa shape index (κ3) is 1.45. The molecule has 0 saturated heterocycles. The molecule has 0 unspecified atom stereocenters. The smallest absolute Gasteiger partial charge is 0.0572 e. The Morgan fingerprint density at radius 1 is 1.11 bits per heavy atom. The van der Waals surface area contributed by atoms with Gasteiger partial charge in [-0.2, -0.15) is 0 Å². The number of aryl methyl sites for hydroxylation is 1. The van der Waals surface area contributed by atoms with Crippen LogP contribution in [0.15, 0.2) is 24.3 Å². The van der Waals surface area contributed by atoms with Crippen LogP contribution in [0, 0.1) is 6.92 Å². The number of fused-ring (bicyclic) bond motifs is 3. The zero-order valence-electron chi connectivity index (χ0n) is 11.7. The van der Waals surface area contributed by atoms with Gasteiger partial charge in [0.05, 0.1) is 4.70 Å². The summed E-state index contributed by atoms with van der Waals surface area (Å²) in [6, 6.07) is 8.74. The molecule has 3 rings (SSSR count). The van der Waals surface area contributed by atoms with Crippen LogP contribution in [0.3, 0.4) is 0 Å². The van der Waals surface area contributed by atoms with E-state index in [1.54, 1.807) is 0 Å². The van der Waals surface area contributed by atoms with Crippen molar-refractivity contribution in [2.75, 3.05) is 0 Å². The topological polar surface area (TPSA) is 4.93 Å². The molecule has 0 bridgehead atoms. The summed E-state index contributed by atoms with van der Waals surface area (Å²) in [5.41, 5.74) is 3.02. The Kier molecular flexibility index (Phi) is 2.36. The quantitative estimate of drug-likeness (QED) is 0.534. The third-order valence-corrected chi connectivity index (χ3v) is 4.90. The van der Waals surface area contributed by atoms with Gasteiger partial charge in [-0.15, -0.1) is 11.3 Å². The Morgan fingerprint density at radius 3 is 2.44 bits per heavy atom. The van der Waals surface area contributed by atoms with Crippen molar-refractivity contribution in [3.8, 4) is 0 Å². The third-order valence-electron chi connectivity index (χ3n) is 3.72. The second-order valence-electron chi connectivity index (χ2n) is 6.05. The molecule has 3 aromatic rings. The predicted octanol–water partition coefficient (Wildman–Crippen LogP) is 5.00. The molecule has 1 nitrogen and oxygen atoms in total. The average molecular weight is 257 g/mol. The molecule has 0 spiro atoms. The van der Waals surface area contributed by atoms with Crippen molar-refractivity contribution in [1.29, 1.82) is 0 Å². The van der Waals surface area contributed by atoms with Crippen molar-refractivity contribution in [3.63, 3.8) is 0 Å². The summed E-state index contributed by atoms with van der Waals surface area (Å²) in [4.78, 5) is 0. The second-order valence-corrected chi connectivity index (χ2v) is 7.10. The number of rotatable bonds is 0. The summed E-state index contributed by atoms with van der Waals surface area (Å²) >= 11 is 1.93. The molecule has 18 heavy (non-hydrogen) atoms. The standard InChI is InChI=1S/C16H19NS/c1-10-13-11-8-6-7-9-12(11)18-14(13)15(17(10)5)16(2,3)4/h6-9H,1-5H3. The van der Waals surface area contributed by atoms with E-state index in [0.29, 0.717) is 0 Å². The van der Waals surface area contributed by atoms with Gasteiger partial charge in [-0.1, -0.05) is 39.0 Å². The van der Waals surface area contributed by atoms with Crippen molar-refractivity contribution >= 4 is 31.5 Å². The zero-order chi connectivity index (χ0) is 13.1. The predicted molar refractivity (Wildman–Crippen MR) is 81.7 cm³/mol. The van der Waals surface area contributed by atoms with Gasteiger partial charge >= 0.3 is 0 Å². The lowest BCUT2D eigenvalue weighted by Gasteiger charge is -2.20. The normalized spacial score (nSPS) is 12.7. The Morgan fingerprint density at radius 2 is 1.78 bits per heavy atom. The van der Waals surface area contributed by atoms with Gasteiger partial charge in [0, 0.05) is 39.3 Å². The Balaban J connectivity index is 2.55. The minimum Gasteiger partial charge on any atom is -0.349 e.